The molecule has 20 heavy (non-hydrogen) atoms. The predicted octanol–water partition coefficient (Wildman–Crippen LogP) is 0.00840. The van der Waals surface area contributed by atoms with Gasteiger partial charge in [-0.15, -0.1) is 10.2 Å². The summed E-state index contributed by atoms with van der Waals surface area (Å²) < 4.78 is 0.671. The fourth-order valence-electron chi connectivity index (χ4n) is 1.40. The zero-order valence-corrected chi connectivity index (χ0v) is 11.8. The summed E-state index contributed by atoms with van der Waals surface area (Å²) in [5.41, 5.74) is 0.471. The van der Waals surface area contributed by atoms with Crippen LogP contribution in [0.1, 0.15) is 16.2 Å². The van der Waals surface area contributed by atoms with Gasteiger partial charge in [-0.25, -0.2) is 0 Å². The van der Waals surface area contributed by atoms with Crippen molar-refractivity contribution in [1.29, 1.82) is 0 Å². The molecule has 0 saturated heterocycles. The maximum Gasteiger partial charge on any atom is 0.252 e. The third-order valence-electron chi connectivity index (χ3n) is 2.36. The molecule has 0 aliphatic rings. The molecule has 1 aromatic heterocycles. The highest BCUT2D eigenvalue weighted by molar-refractivity contribution is 9.10. The van der Waals surface area contributed by atoms with Gasteiger partial charge in [0.25, 0.3) is 5.91 Å². The van der Waals surface area contributed by atoms with E-state index in [0.29, 0.717) is 15.9 Å². The maximum atomic E-state index is 11.8. The summed E-state index contributed by atoms with van der Waals surface area (Å²) in [5.74, 6) is -0.294. The second-order valence-electron chi connectivity index (χ2n) is 3.77. The van der Waals surface area contributed by atoms with E-state index in [1.807, 2.05) is 0 Å². The average Bonchev–Trinajstić information content (AvgIpc) is 2.96. The number of H-pyrrole nitrogens is 1. The van der Waals surface area contributed by atoms with Crippen LogP contribution in [0.2, 0.25) is 0 Å². The first kappa shape index (κ1) is 14.1. The molecular formula is C11H11BrN6O2. The molecule has 2 aromatic rings. The molecule has 1 aromatic carbocycles. The first-order chi connectivity index (χ1) is 9.66. The second-order valence-corrected chi connectivity index (χ2v) is 4.62. The second kappa shape index (κ2) is 6.75. The monoisotopic (exact) mass is 338 g/mol. The third-order valence-corrected chi connectivity index (χ3v) is 3.05. The van der Waals surface area contributed by atoms with E-state index in [0.717, 1.165) is 0 Å². The molecule has 0 saturated carbocycles. The maximum absolute atomic E-state index is 11.8. The summed E-state index contributed by atoms with van der Waals surface area (Å²) >= 11 is 3.27. The van der Waals surface area contributed by atoms with Gasteiger partial charge in [0.1, 0.15) is 0 Å². The Morgan fingerprint density at radius 2 is 2.05 bits per heavy atom. The van der Waals surface area contributed by atoms with Crippen LogP contribution in [-0.4, -0.2) is 39.0 Å². The fourth-order valence-corrected chi connectivity index (χ4v) is 1.86. The van der Waals surface area contributed by atoms with Crippen LogP contribution in [0.25, 0.3) is 0 Å². The van der Waals surface area contributed by atoms with Crippen molar-refractivity contribution < 1.29 is 9.59 Å². The van der Waals surface area contributed by atoms with Crippen LogP contribution in [0.3, 0.4) is 0 Å². The molecule has 104 valence electrons. The highest BCUT2D eigenvalue weighted by Gasteiger charge is 2.10. The number of nitrogens with one attached hydrogen (secondary N) is 3. The molecule has 2 amide bonds. The summed E-state index contributed by atoms with van der Waals surface area (Å²) in [6, 6.07) is 6.97. The Balaban J connectivity index is 1.78. The van der Waals surface area contributed by atoms with Crippen LogP contribution < -0.4 is 10.6 Å². The van der Waals surface area contributed by atoms with E-state index in [2.05, 4.69) is 47.2 Å². The molecule has 0 spiro atoms. The number of halogens is 1. The lowest BCUT2D eigenvalue weighted by Crippen LogP contribution is -2.36. The van der Waals surface area contributed by atoms with Crippen molar-refractivity contribution >= 4 is 27.7 Å². The van der Waals surface area contributed by atoms with Crippen molar-refractivity contribution in [3.63, 3.8) is 0 Å². The number of rotatable bonds is 5. The van der Waals surface area contributed by atoms with Crippen molar-refractivity contribution in [2.75, 3.05) is 6.54 Å². The van der Waals surface area contributed by atoms with E-state index >= 15 is 0 Å². The molecule has 8 nitrogen and oxygen atoms in total. The minimum atomic E-state index is -0.338. The van der Waals surface area contributed by atoms with Crippen LogP contribution >= 0.6 is 15.9 Å². The number of aromatic amines is 1. The molecule has 0 bridgehead atoms. The van der Waals surface area contributed by atoms with Gasteiger partial charge in [0.2, 0.25) is 5.91 Å². The van der Waals surface area contributed by atoms with Crippen LogP contribution in [-0.2, 0) is 11.3 Å². The minimum Gasteiger partial charge on any atom is -0.347 e. The zero-order valence-electron chi connectivity index (χ0n) is 10.3. The van der Waals surface area contributed by atoms with Crippen LogP contribution in [0.15, 0.2) is 28.7 Å². The summed E-state index contributed by atoms with van der Waals surface area (Å²) in [5, 5.41) is 18.1. The molecule has 1 heterocycles. The smallest absolute Gasteiger partial charge is 0.252 e. The van der Waals surface area contributed by atoms with E-state index in [4.69, 9.17) is 0 Å². The molecule has 0 aliphatic carbocycles. The zero-order chi connectivity index (χ0) is 14.4. The quantitative estimate of drug-likeness (QED) is 0.710. The van der Waals surface area contributed by atoms with E-state index < -0.39 is 0 Å². The molecule has 0 aliphatic heterocycles. The topological polar surface area (TPSA) is 113 Å². The number of amides is 2. The van der Waals surface area contributed by atoms with Gasteiger partial charge in [-0.1, -0.05) is 17.3 Å². The van der Waals surface area contributed by atoms with E-state index in [1.54, 1.807) is 24.3 Å². The average molecular weight is 339 g/mol. The highest BCUT2D eigenvalue weighted by atomic mass is 79.9. The fraction of sp³-hybridized carbons (Fsp3) is 0.182. The molecule has 3 N–H and O–H groups in total. The molecule has 2 rings (SSSR count). The first-order valence-electron chi connectivity index (χ1n) is 5.68. The summed E-state index contributed by atoms with van der Waals surface area (Å²) in [6.07, 6.45) is 0. The third kappa shape index (κ3) is 3.85. The van der Waals surface area contributed by atoms with E-state index in [1.165, 1.54) is 0 Å². The van der Waals surface area contributed by atoms with Gasteiger partial charge >= 0.3 is 0 Å². The Morgan fingerprint density at radius 3 is 2.75 bits per heavy atom. The minimum absolute atomic E-state index is 0.127. The molecule has 0 radical (unpaired) electrons. The Bertz CT molecular complexity index is 601. The van der Waals surface area contributed by atoms with Gasteiger partial charge in [0.05, 0.1) is 18.7 Å². The Hall–Kier alpha value is -2.29. The molecule has 0 atom stereocenters. The van der Waals surface area contributed by atoms with Crippen LogP contribution in [0.4, 0.5) is 0 Å². The van der Waals surface area contributed by atoms with Crippen molar-refractivity contribution in [3.05, 3.63) is 40.1 Å². The SMILES string of the molecule is O=C(CNC(=O)c1ccccc1Br)NCc1nn[nH]n1. The molecule has 9 heteroatoms. The number of tetrazole rings is 1. The Morgan fingerprint density at radius 1 is 1.25 bits per heavy atom. The lowest BCUT2D eigenvalue weighted by atomic mass is 10.2. The summed E-state index contributed by atoms with van der Waals surface area (Å²) in [4.78, 5) is 23.4. The van der Waals surface area contributed by atoms with Gasteiger partial charge in [0.15, 0.2) is 5.82 Å². The number of carbonyl (C=O) groups excluding carboxylic acids is 2. The van der Waals surface area contributed by atoms with Gasteiger partial charge in [-0.3, -0.25) is 9.59 Å². The van der Waals surface area contributed by atoms with Crippen molar-refractivity contribution in [3.8, 4) is 0 Å². The predicted molar refractivity (Wildman–Crippen MR) is 72.5 cm³/mol. The number of hydrogen-bond acceptors (Lipinski definition) is 5. The Labute approximate surface area is 122 Å². The molecule has 0 unspecified atom stereocenters. The van der Waals surface area contributed by atoms with E-state index in [9.17, 15) is 9.59 Å². The number of carbonyl (C=O) groups is 2. The molecular weight excluding hydrogens is 328 g/mol. The standard InChI is InChI=1S/C11H11BrN6O2/c12-8-4-2-1-3-7(8)11(20)14-6-10(19)13-5-9-15-17-18-16-9/h1-4H,5-6H2,(H,13,19)(H,14,20)(H,15,16,17,18). The van der Waals surface area contributed by atoms with Crippen molar-refractivity contribution in [1.82, 2.24) is 31.3 Å². The van der Waals surface area contributed by atoms with Crippen LogP contribution in [0, 0.1) is 0 Å². The highest BCUT2D eigenvalue weighted by Crippen LogP contribution is 2.15. The van der Waals surface area contributed by atoms with Gasteiger partial charge in [-0.2, -0.15) is 5.21 Å². The lowest BCUT2D eigenvalue weighted by molar-refractivity contribution is -0.120. The van der Waals surface area contributed by atoms with Gasteiger partial charge in [-0.05, 0) is 28.1 Å². The largest absolute Gasteiger partial charge is 0.347 e. The van der Waals surface area contributed by atoms with E-state index in [-0.39, 0.29) is 24.9 Å². The van der Waals surface area contributed by atoms with Crippen molar-refractivity contribution in [2.24, 2.45) is 0 Å². The number of aromatic nitrogens is 4. The van der Waals surface area contributed by atoms with Crippen molar-refractivity contribution in [2.45, 2.75) is 6.54 Å². The number of nitrogens with zero attached hydrogens (tertiary/aromatic N) is 3. The first-order valence-corrected chi connectivity index (χ1v) is 6.48. The summed E-state index contributed by atoms with van der Waals surface area (Å²) in [7, 11) is 0. The number of benzene rings is 1. The summed E-state index contributed by atoms with van der Waals surface area (Å²) in [6.45, 7) is 0.0260. The van der Waals surface area contributed by atoms with Gasteiger partial charge < -0.3 is 10.6 Å². The molecule has 0 fully saturated rings. The van der Waals surface area contributed by atoms with Crippen LogP contribution in [0.5, 0.6) is 0 Å². The van der Waals surface area contributed by atoms with Gasteiger partial charge in [0, 0.05) is 4.47 Å². The Kier molecular flexibility index (Phi) is 4.77. The normalized spacial score (nSPS) is 10.1. The lowest BCUT2D eigenvalue weighted by Gasteiger charge is -2.06. The number of hydrogen-bond donors (Lipinski definition) is 3.